The predicted molar refractivity (Wildman–Crippen MR) is 106 cm³/mol. The highest BCUT2D eigenvalue weighted by atomic mass is 16.5. The van der Waals surface area contributed by atoms with Gasteiger partial charge in [0.05, 0.1) is 5.92 Å². The van der Waals surface area contributed by atoms with Crippen LogP contribution in [0.1, 0.15) is 30.9 Å². The Morgan fingerprint density at radius 1 is 1.14 bits per heavy atom. The van der Waals surface area contributed by atoms with Gasteiger partial charge in [-0.1, -0.05) is 42.4 Å². The van der Waals surface area contributed by atoms with Gasteiger partial charge in [-0.25, -0.2) is 0 Å². The molecule has 3 aromatic rings. The molecule has 1 aliphatic carbocycles. The molecule has 0 aliphatic heterocycles. The number of nitrogens with one attached hydrogen (secondary N) is 1. The molecule has 6 nitrogen and oxygen atoms in total. The Bertz CT molecular complexity index is 959. The van der Waals surface area contributed by atoms with Crippen molar-refractivity contribution in [3.8, 4) is 22.8 Å². The van der Waals surface area contributed by atoms with Crippen molar-refractivity contribution in [1.29, 1.82) is 0 Å². The lowest BCUT2D eigenvalue weighted by molar-refractivity contribution is -0.145. The normalized spacial score (nSPS) is 18.6. The van der Waals surface area contributed by atoms with Gasteiger partial charge in [0.1, 0.15) is 0 Å². The molecule has 0 saturated heterocycles. The Kier molecular flexibility index (Phi) is 5.21. The standard InChI is InChI=1S/C22H23N3O3/c1-2-14-6-8-16(9-7-14)21-24-20(25-28-21)17-5-3-4-15(10-17)13-23-19-11-18(12-19)22(26)27/h3-10,18-19,23H,2,11-13H2,1H3,(H,26,27)/t18-,19+. The second-order valence-corrected chi connectivity index (χ2v) is 7.26. The van der Waals surface area contributed by atoms with E-state index in [9.17, 15) is 4.79 Å². The second kappa shape index (κ2) is 7.94. The summed E-state index contributed by atoms with van der Waals surface area (Å²) in [6.45, 7) is 2.81. The van der Waals surface area contributed by atoms with E-state index in [4.69, 9.17) is 9.63 Å². The number of nitrogens with zero attached hydrogens (tertiary/aromatic N) is 2. The number of benzene rings is 2. The number of carboxylic acids is 1. The van der Waals surface area contributed by atoms with Crippen molar-refractivity contribution in [2.75, 3.05) is 0 Å². The number of hydrogen-bond donors (Lipinski definition) is 2. The summed E-state index contributed by atoms with van der Waals surface area (Å²) in [5, 5.41) is 16.5. The van der Waals surface area contributed by atoms with Crippen LogP contribution in [0.2, 0.25) is 0 Å². The van der Waals surface area contributed by atoms with Gasteiger partial charge in [-0.3, -0.25) is 4.79 Å². The number of aliphatic carboxylic acids is 1. The van der Waals surface area contributed by atoms with E-state index in [1.165, 1.54) is 5.56 Å². The average molecular weight is 377 g/mol. The minimum absolute atomic E-state index is 0.201. The Balaban J connectivity index is 1.41. The van der Waals surface area contributed by atoms with Crippen molar-refractivity contribution in [2.45, 2.75) is 38.8 Å². The largest absolute Gasteiger partial charge is 0.481 e. The zero-order chi connectivity index (χ0) is 19.5. The quantitative estimate of drug-likeness (QED) is 0.649. The zero-order valence-corrected chi connectivity index (χ0v) is 15.8. The van der Waals surface area contributed by atoms with E-state index in [0.717, 1.165) is 23.1 Å². The van der Waals surface area contributed by atoms with Gasteiger partial charge in [0.2, 0.25) is 5.82 Å². The van der Waals surface area contributed by atoms with Crippen LogP contribution in [0.5, 0.6) is 0 Å². The van der Waals surface area contributed by atoms with E-state index in [1.807, 2.05) is 36.4 Å². The first kappa shape index (κ1) is 18.4. The predicted octanol–water partition coefficient (Wildman–Crippen LogP) is 3.92. The highest BCUT2D eigenvalue weighted by Crippen LogP contribution is 2.28. The SMILES string of the molecule is CCc1ccc(-c2nc(-c3cccc(CN[C@H]4C[C@@H](C(=O)O)C4)c3)no2)cc1. The van der Waals surface area contributed by atoms with E-state index in [-0.39, 0.29) is 12.0 Å². The number of aryl methyl sites for hydroxylation is 1. The van der Waals surface area contributed by atoms with E-state index >= 15 is 0 Å². The summed E-state index contributed by atoms with van der Waals surface area (Å²) in [5.74, 6) is 0.173. The van der Waals surface area contributed by atoms with Crippen LogP contribution in [0.3, 0.4) is 0 Å². The molecule has 1 fully saturated rings. The van der Waals surface area contributed by atoms with Crippen molar-refractivity contribution < 1.29 is 14.4 Å². The molecule has 4 rings (SSSR count). The molecule has 1 aliphatic rings. The Hall–Kier alpha value is -2.99. The van der Waals surface area contributed by atoms with Crippen LogP contribution < -0.4 is 5.32 Å². The van der Waals surface area contributed by atoms with Crippen LogP contribution in [0, 0.1) is 5.92 Å². The van der Waals surface area contributed by atoms with Crippen molar-refractivity contribution >= 4 is 5.97 Å². The lowest BCUT2D eigenvalue weighted by Crippen LogP contribution is -2.43. The van der Waals surface area contributed by atoms with Gasteiger partial charge in [0.25, 0.3) is 5.89 Å². The Morgan fingerprint density at radius 2 is 1.93 bits per heavy atom. The zero-order valence-electron chi connectivity index (χ0n) is 15.8. The molecule has 1 saturated carbocycles. The molecule has 1 aromatic heterocycles. The molecule has 144 valence electrons. The number of carboxylic acid groups (broad SMARTS) is 1. The molecular formula is C22H23N3O3. The first-order valence-electron chi connectivity index (χ1n) is 9.61. The van der Waals surface area contributed by atoms with Crippen LogP contribution in [-0.4, -0.2) is 27.3 Å². The first-order valence-corrected chi connectivity index (χ1v) is 9.61. The molecule has 0 bridgehead atoms. The van der Waals surface area contributed by atoms with Crippen molar-refractivity contribution in [3.05, 3.63) is 59.7 Å². The van der Waals surface area contributed by atoms with E-state index in [0.29, 0.717) is 31.1 Å². The van der Waals surface area contributed by atoms with Crippen LogP contribution in [0.15, 0.2) is 53.1 Å². The van der Waals surface area contributed by atoms with Crippen molar-refractivity contribution in [3.63, 3.8) is 0 Å². The van der Waals surface area contributed by atoms with Gasteiger partial charge in [-0.15, -0.1) is 0 Å². The third-order valence-corrected chi connectivity index (χ3v) is 5.30. The molecule has 28 heavy (non-hydrogen) atoms. The van der Waals surface area contributed by atoms with Crippen molar-refractivity contribution in [2.24, 2.45) is 5.92 Å². The molecule has 1 heterocycles. The molecular weight excluding hydrogens is 354 g/mol. The third kappa shape index (κ3) is 3.97. The van der Waals surface area contributed by atoms with Gasteiger partial charge in [0.15, 0.2) is 0 Å². The maximum atomic E-state index is 10.9. The number of carbonyl (C=O) groups is 1. The summed E-state index contributed by atoms with van der Waals surface area (Å²) in [5.41, 5.74) is 4.18. The molecule has 2 N–H and O–H groups in total. The van der Waals surface area contributed by atoms with E-state index in [1.54, 1.807) is 0 Å². The van der Waals surface area contributed by atoms with Crippen LogP contribution in [-0.2, 0) is 17.8 Å². The van der Waals surface area contributed by atoms with E-state index in [2.05, 4.69) is 34.5 Å². The molecule has 0 spiro atoms. The van der Waals surface area contributed by atoms with Gasteiger partial charge >= 0.3 is 5.97 Å². The summed E-state index contributed by atoms with van der Waals surface area (Å²) in [6.07, 6.45) is 2.38. The van der Waals surface area contributed by atoms with Gasteiger partial charge in [-0.2, -0.15) is 4.98 Å². The third-order valence-electron chi connectivity index (χ3n) is 5.30. The van der Waals surface area contributed by atoms with Crippen molar-refractivity contribution in [1.82, 2.24) is 15.5 Å². The minimum atomic E-state index is -0.697. The summed E-state index contributed by atoms with van der Waals surface area (Å²) in [6, 6.07) is 16.4. The maximum absolute atomic E-state index is 10.9. The second-order valence-electron chi connectivity index (χ2n) is 7.26. The average Bonchev–Trinajstić information content (AvgIpc) is 3.17. The Labute approximate surface area is 163 Å². The minimum Gasteiger partial charge on any atom is -0.481 e. The summed E-state index contributed by atoms with van der Waals surface area (Å²) < 4.78 is 5.45. The van der Waals surface area contributed by atoms with Crippen LogP contribution in [0.4, 0.5) is 0 Å². The van der Waals surface area contributed by atoms with Gasteiger partial charge in [-0.05, 0) is 48.6 Å². The number of hydrogen-bond acceptors (Lipinski definition) is 5. The fourth-order valence-electron chi connectivity index (χ4n) is 3.41. The fourth-order valence-corrected chi connectivity index (χ4v) is 3.41. The summed E-state index contributed by atoms with van der Waals surface area (Å²) >= 11 is 0. The maximum Gasteiger partial charge on any atom is 0.306 e. The smallest absolute Gasteiger partial charge is 0.306 e. The lowest BCUT2D eigenvalue weighted by Gasteiger charge is -2.33. The highest BCUT2D eigenvalue weighted by Gasteiger charge is 2.33. The summed E-state index contributed by atoms with van der Waals surface area (Å²) in [4.78, 5) is 15.4. The molecule has 0 amide bonds. The summed E-state index contributed by atoms with van der Waals surface area (Å²) in [7, 11) is 0. The monoisotopic (exact) mass is 377 g/mol. The first-order chi connectivity index (χ1) is 13.6. The lowest BCUT2D eigenvalue weighted by atomic mass is 9.80. The fraction of sp³-hybridized carbons (Fsp3) is 0.318. The molecule has 2 aromatic carbocycles. The van der Waals surface area contributed by atoms with E-state index < -0.39 is 5.97 Å². The topological polar surface area (TPSA) is 88.2 Å². The molecule has 0 unspecified atom stereocenters. The van der Waals surface area contributed by atoms with Crippen LogP contribution >= 0.6 is 0 Å². The van der Waals surface area contributed by atoms with Gasteiger partial charge < -0.3 is 14.9 Å². The van der Waals surface area contributed by atoms with Gasteiger partial charge in [0, 0.05) is 23.7 Å². The van der Waals surface area contributed by atoms with Crippen LogP contribution in [0.25, 0.3) is 22.8 Å². The molecule has 6 heteroatoms. The highest BCUT2D eigenvalue weighted by molar-refractivity contribution is 5.71. The molecule has 0 radical (unpaired) electrons. The Morgan fingerprint density at radius 3 is 2.64 bits per heavy atom. The molecule has 0 atom stereocenters. The number of rotatable bonds is 7. The number of aromatic nitrogens is 2.